The Hall–Kier alpha value is -2.40. The topological polar surface area (TPSA) is 17.1 Å². The van der Waals surface area contributed by atoms with Gasteiger partial charge in [0.1, 0.15) is 5.82 Å². The molecule has 0 heterocycles. The molecule has 94 valence electrons. The van der Waals surface area contributed by atoms with Crippen molar-refractivity contribution in [1.29, 1.82) is 0 Å². The number of carbonyl (C=O) groups excluding carboxylic acids is 1. The summed E-state index contributed by atoms with van der Waals surface area (Å²) in [6.07, 6.45) is 0. The normalized spacial score (nSPS) is 9.63. The maximum Gasteiger partial charge on any atom is 0.236 e. The number of Topliss-reactive ketones (excluding diaryl/α,β-unsaturated/α-hetero) is 1. The minimum absolute atomic E-state index is 0.226. The van der Waals surface area contributed by atoms with Gasteiger partial charge in [0, 0.05) is 11.1 Å². The van der Waals surface area contributed by atoms with Crippen LogP contribution in [0.3, 0.4) is 0 Å². The van der Waals surface area contributed by atoms with E-state index in [1.54, 1.807) is 12.1 Å². The lowest BCUT2D eigenvalue weighted by atomic mass is 10.0. The zero-order valence-corrected chi connectivity index (χ0v) is 10.8. The Morgan fingerprint density at radius 3 is 2.16 bits per heavy atom. The maximum absolute atomic E-state index is 12.7. The Balaban J connectivity index is 2.24. The highest BCUT2D eigenvalue weighted by atomic mass is 19.1. The molecule has 0 saturated carbocycles. The number of ketones is 1. The molecule has 2 aromatic carbocycles. The van der Waals surface area contributed by atoms with E-state index in [-0.39, 0.29) is 11.6 Å². The fraction of sp³-hybridized carbons (Fsp3) is 0.118. The van der Waals surface area contributed by atoms with Crippen LogP contribution in [0.2, 0.25) is 0 Å². The number of rotatable bonds is 1. The van der Waals surface area contributed by atoms with E-state index in [9.17, 15) is 9.18 Å². The van der Waals surface area contributed by atoms with E-state index in [1.165, 1.54) is 12.1 Å². The van der Waals surface area contributed by atoms with Gasteiger partial charge in [-0.25, -0.2) is 4.39 Å². The standard InChI is InChI=1S/C17H13FO/c1-12-9-13(2)11-15(10-12)17(19)8-5-14-3-6-16(18)7-4-14/h3-4,6-7,9-11H,1-2H3. The summed E-state index contributed by atoms with van der Waals surface area (Å²) in [6, 6.07) is 11.4. The predicted octanol–water partition coefficient (Wildman–Crippen LogP) is 3.68. The van der Waals surface area contributed by atoms with Crippen LogP contribution in [-0.4, -0.2) is 5.78 Å². The molecule has 0 spiro atoms. The lowest BCUT2D eigenvalue weighted by molar-refractivity contribution is 0.105. The SMILES string of the molecule is Cc1cc(C)cc(C(=O)C#Cc2ccc(F)cc2)c1. The van der Waals surface area contributed by atoms with E-state index >= 15 is 0 Å². The summed E-state index contributed by atoms with van der Waals surface area (Å²) >= 11 is 0. The second-order valence-corrected chi connectivity index (χ2v) is 4.46. The van der Waals surface area contributed by atoms with Crippen molar-refractivity contribution < 1.29 is 9.18 Å². The van der Waals surface area contributed by atoms with Gasteiger partial charge in [-0.05, 0) is 56.2 Å². The summed E-state index contributed by atoms with van der Waals surface area (Å²) in [4.78, 5) is 11.9. The second-order valence-electron chi connectivity index (χ2n) is 4.46. The van der Waals surface area contributed by atoms with Crippen LogP contribution in [0.5, 0.6) is 0 Å². The number of halogens is 1. The van der Waals surface area contributed by atoms with Crippen LogP contribution in [0.1, 0.15) is 27.0 Å². The Bertz CT molecular complexity index is 652. The van der Waals surface area contributed by atoms with Crippen LogP contribution >= 0.6 is 0 Å². The average Bonchev–Trinajstić information content (AvgIpc) is 2.36. The summed E-state index contributed by atoms with van der Waals surface area (Å²) in [7, 11) is 0. The zero-order chi connectivity index (χ0) is 13.8. The number of benzene rings is 2. The molecule has 0 aliphatic heterocycles. The quantitative estimate of drug-likeness (QED) is 0.559. The summed E-state index contributed by atoms with van der Waals surface area (Å²) in [5, 5.41) is 0. The monoisotopic (exact) mass is 252 g/mol. The molecule has 2 rings (SSSR count). The molecular formula is C17H13FO. The van der Waals surface area contributed by atoms with Crippen molar-refractivity contribution in [3.8, 4) is 11.8 Å². The highest BCUT2D eigenvalue weighted by Crippen LogP contribution is 2.09. The first-order valence-electron chi connectivity index (χ1n) is 5.95. The summed E-state index contributed by atoms with van der Waals surface area (Å²) < 4.78 is 12.7. The molecule has 0 radical (unpaired) electrons. The van der Waals surface area contributed by atoms with Crippen molar-refractivity contribution in [3.05, 3.63) is 70.5 Å². The molecule has 0 amide bonds. The van der Waals surface area contributed by atoms with E-state index in [2.05, 4.69) is 11.8 Å². The first-order valence-corrected chi connectivity index (χ1v) is 5.95. The summed E-state index contributed by atoms with van der Waals surface area (Å²) in [5.74, 6) is 4.78. The van der Waals surface area contributed by atoms with E-state index < -0.39 is 0 Å². The molecule has 2 aromatic rings. The van der Waals surface area contributed by atoms with Gasteiger partial charge in [0.2, 0.25) is 5.78 Å². The molecular weight excluding hydrogens is 239 g/mol. The van der Waals surface area contributed by atoms with E-state index in [1.807, 2.05) is 32.0 Å². The Kier molecular flexibility index (Phi) is 3.77. The Labute approximate surface area is 112 Å². The molecule has 0 aliphatic rings. The number of aryl methyl sites for hydroxylation is 2. The van der Waals surface area contributed by atoms with Crippen molar-refractivity contribution in [2.24, 2.45) is 0 Å². The van der Waals surface area contributed by atoms with E-state index in [4.69, 9.17) is 0 Å². The molecule has 0 aromatic heterocycles. The largest absolute Gasteiger partial charge is 0.279 e. The lowest BCUT2D eigenvalue weighted by Crippen LogP contribution is -1.96. The van der Waals surface area contributed by atoms with Gasteiger partial charge in [-0.15, -0.1) is 0 Å². The first kappa shape index (κ1) is 13.0. The molecule has 2 heteroatoms. The van der Waals surface area contributed by atoms with E-state index in [0.29, 0.717) is 11.1 Å². The van der Waals surface area contributed by atoms with Gasteiger partial charge in [-0.3, -0.25) is 4.79 Å². The zero-order valence-electron chi connectivity index (χ0n) is 10.8. The van der Waals surface area contributed by atoms with Gasteiger partial charge in [-0.2, -0.15) is 0 Å². The first-order chi connectivity index (χ1) is 9.04. The molecule has 0 bridgehead atoms. The maximum atomic E-state index is 12.7. The smallest absolute Gasteiger partial charge is 0.236 e. The number of carbonyl (C=O) groups is 1. The van der Waals surface area contributed by atoms with Crippen LogP contribution in [-0.2, 0) is 0 Å². The minimum Gasteiger partial charge on any atom is -0.279 e. The fourth-order valence-electron chi connectivity index (χ4n) is 1.84. The fourth-order valence-corrected chi connectivity index (χ4v) is 1.84. The third-order valence-corrected chi connectivity index (χ3v) is 2.65. The van der Waals surface area contributed by atoms with Crippen molar-refractivity contribution >= 4 is 5.78 Å². The predicted molar refractivity (Wildman–Crippen MR) is 73.5 cm³/mol. The van der Waals surface area contributed by atoms with Crippen LogP contribution in [0.15, 0.2) is 42.5 Å². The van der Waals surface area contributed by atoms with Gasteiger partial charge >= 0.3 is 0 Å². The molecule has 0 unspecified atom stereocenters. The third-order valence-electron chi connectivity index (χ3n) is 2.65. The van der Waals surface area contributed by atoms with Gasteiger partial charge in [-0.1, -0.05) is 23.1 Å². The highest BCUT2D eigenvalue weighted by molar-refractivity contribution is 6.09. The van der Waals surface area contributed by atoms with Crippen LogP contribution < -0.4 is 0 Å². The van der Waals surface area contributed by atoms with Crippen molar-refractivity contribution in [2.75, 3.05) is 0 Å². The average molecular weight is 252 g/mol. The van der Waals surface area contributed by atoms with Gasteiger partial charge in [0.15, 0.2) is 0 Å². The van der Waals surface area contributed by atoms with Crippen LogP contribution in [0, 0.1) is 31.5 Å². The molecule has 0 aliphatic carbocycles. The molecule has 0 atom stereocenters. The number of hydrogen-bond donors (Lipinski definition) is 0. The van der Waals surface area contributed by atoms with Crippen LogP contribution in [0.4, 0.5) is 4.39 Å². The minimum atomic E-state index is -0.314. The molecule has 0 N–H and O–H groups in total. The number of hydrogen-bond acceptors (Lipinski definition) is 1. The molecule has 0 fully saturated rings. The van der Waals surface area contributed by atoms with Gasteiger partial charge < -0.3 is 0 Å². The summed E-state index contributed by atoms with van der Waals surface area (Å²) in [6.45, 7) is 3.88. The van der Waals surface area contributed by atoms with Crippen molar-refractivity contribution in [1.82, 2.24) is 0 Å². The van der Waals surface area contributed by atoms with Crippen molar-refractivity contribution in [3.63, 3.8) is 0 Å². The van der Waals surface area contributed by atoms with Gasteiger partial charge in [0.25, 0.3) is 0 Å². The Morgan fingerprint density at radius 1 is 1.00 bits per heavy atom. The molecule has 19 heavy (non-hydrogen) atoms. The van der Waals surface area contributed by atoms with Crippen LogP contribution in [0.25, 0.3) is 0 Å². The third kappa shape index (κ3) is 3.53. The second kappa shape index (κ2) is 5.49. The van der Waals surface area contributed by atoms with E-state index in [0.717, 1.165) is 11.1 Å². The highest BCUT2D eigenvalue weighted by Gasteiger charge is 2.03. The molecule has 0 saturated heterocycles. The van der Waals surface area contributed by atoms with Gasteiger partial charge in [0.05, 0.1) is 0 Å². The van der Waals surface area contributed by atoms with Crippen molar-refractivity contribution in [2.45, 2.75) is 13.8 Å². The molecule has 1 nitrogen and oxygen atoms in total. The summed E-state index contributed by atoms with van der Waals surface area (Å²) in [5.41, 5.74) is 3.28. The Morgan fingerprint density at radius 2 is 1.58 bits per heavy atom. The lowest BCUT2D eigenvalue weighted by Gasteiger charge is -1.99.